The van der Waals surface area contributed by atoms with E-state index in [1.54, 1.807) is 7.11 Å². The van der Waals surface area contributed by atoms with Gasteiger partial charge in [-0.1, -0.05) is 20.8 Å². The van der Waals surface area contributed by atoms with E-state index in [2.05, 4.69) is 26.1 Å². The summed E-state index contributed by atoms with van der Waals surface area (Å²) >= 11 is 0. The molecule has 0 rings (SSSR count). The van der Waals surface area contributed by atoms with Gasteiger partial charge < -0.3 is 14.8 Å². The standard InChI is InChI=1S/C11H25NO2/c1-11(2,3)10-12-6-5-7-14-9-8-13-4/h12H,5-10H2,1-4H3. The summed E-state index contributed by atoms with van der Waals surface area (Å²) in [5.41, 5.74) is 0.372. The van der Waals surface area contributed by atoms with Crippen LogP contribution >= 0.6 is 0 Å². The lowest BCUT2D eigenvalue weighted by Gasteiger charge is -2.18. The molecule has 0 aromatic heterocycles. The van der Waals surface area contributed by atoms with E-state index >= 15 is 0 Å². The topological polar surface area (TPSA) is 30.5 Å². The van der Waals surface area contributed by atoms with Gasteiger partial charge in [-0.3, -0.25) is 0 Å². The van der Waals surface area contributed by atoms with Crippen LogP contribution in [-0.4, -0.2) is 40.0 Å². The van der Waals surface area contributed by atoms with Crippen molar-refractivity contribution in [2.24, 2.45) is 5.41 Å². The molecule has 0 aromatic carbocycles. The molecule has 3 heteroatoms. The largest absolute Gasteiger partial charge is 0.382 e. The summed E-state index contributed by atoms with van der Waals surface area (Å²) in [6.45, 7) is 11.0. The molecule has 0 aliphatic rings. The van der Waals surface area contributed by atoms with Crippen molar-refractivity contribution >= 4 is 0 Å². The fourth-order valence-corrected chi connectivity index (χ4v) is 1.01. The maximum atomic E-state index is 5.34. The van der Waals surface area contributed by atoms with Gasteiger partial charge in [0.1, 0.15) is 0 Å². The zero-order valence-corrected chi connectivity index (χ0v) is 10.1. The average molecular weight is 203 g/mol. The van der Waals surface area contributed by atoms with Crippen LogP contribution in [0.5, 0.6) is 0 Å². The zero-order valence-electron chi connectivity index (χ0n) is 10.1. The van der Waals surface area contributed by atoms with Crippen molar-refractivity contribution in [3.8, 4) is 0 Å². The van der Waals surface area contributed by atoms with Gasteiger partial charge in [-0.15, -0.1) is 0 Å². The summed E-state index contributed by atoms with van der Waals surface area (Å²) < 4.78 is 10.2. The first-order chi connectivity index (χ1) is 6.56. The van der Waals surface area contributed by atoms with Gasteiger partial charge in [0.25, 0.3) is 0 Å². The smallest absolute Gasteiger partial charge is 0.0700 e. The van der Waals surface area contributed by atoms with Crippen LogP contribution < -0.4 is 5.32 Å². The highest BCUT2D eigenvalue weighted by molar-refractivity contribution is 4.64. The molecule has 0 heterocycles. The van der Waals surface area contributed by atoms with Crippen LogP contribution in [0, 0.1) is 5.41 Å². The summed E-state index contributed by atoms with van der Waals surface area (Å²) in [6.07, 6.45) is 1.07. The van der Waals surface area contributed by atoms with E-state index in [1.165, 1.54) is 0 Å². The molecule has 0 bridgehead atoms. The predicted octanol–water partition coefficient (Wildman–Crippen LogP) is 1.68. The first-order valence-electron chi connectivity index (χ1n) is 5.33. The van der Waals surface area contributed by atoms with Crippen molar-refractivity contribution in [3.63, 3.8) is 0 Å². The summed E-state index contributed by atoms with van der Waals surface area (Å²) in [5.74, 6) is 0. The first kappa shape index (κ1) is 13.9. The SMILES string of the molecule is COCCOCCCNCC(C)(C)C. The van der Waals surface area contributed by atoms with Gasteiger partial charge in [0.05, 0.1) is 13.2 Å². The number of hydrogen-bond acceptors (Lipinski definition) is 3. The minimum Gasteiger partial charge on any atom is -0.382 e. The molecule has 0 amide bonds. The van der Waals surface area contributed by atoms with Gasteiger partial charge in [0, 0.05) is 13.7 Å². The fraction of sp³-hybridized carbons (Fsp3) is 1.00. The van der Waals surface area contributed by atoms with Crippen LogP contribution in [0.1, 0.15) is 27.2 Å². The van der Waals surface area contributed by atoms with Crippen molar-refractivity contribution in [2.75, 3.05) is 40.0 Å². The third kappa shape index (κ3) is 11.9. The highest BCUT2D eigenvalue weighted by atomic mass is 16.5. The van der Waals surface area contributed by atoms with E-state index in [9.17, 15) is 0 Å². The van der Waals surface area contributed by atoms with Crippen molar-refractivity contribution in [3.05, 3.63) is 0 Å². The van der Waals surface area contributed by atoms with E-state index in [-0.39, 0.29) is 0 Å². The van der Waals surface area contributed by atoms with Gasteiger partial charge in [-0.25, -0.2) is 0 Å². The molecule has 3 nitrogen and oxygen atoms in total. The Morgan fingerprint density at radius 1 is 1.07 bits per heavy atom. The molecule has 0 spiro atoms. The molecule has 0 aromatic rings. The lowest BCUT2D eigenvalue weighted by molar-refractivity contribution is 0.0693. The monoisotopic (exact) mass is 203 g/mol. The molecular weight excluding hydrogens is 178 g/mol. The molecule has 0 aliphatic heterocycles. The minimum absolute atomic E-state index is 0.372. The van der Waals surface area contributed by atoms with Crippen molar-refractivity contribution in [1.82, 2.24) is 5.32 Å². The summed E-state index contributed by atoms with van der Waals surface area (Å²) in [6, 6.07) is 0. The van der Waals surface area contributed by atoms with Crippen LogP contribution in [0.25, 0.3) is 0 Å². The average Bonchev–Trinajstić information content (AvgIpc) is 2.08. The van der Waals surface area contributed by atoms with E-state index in [4.69, 9.17) is 9.47 Å². The normalized spacial score (nSPS) is 12.0. The fourth-order valence-electron chi connectivity index (χ4n) is 1.01. The highest BCUT2D eigenvalue weighted by Crippen LogP contribution is 2.09. The minimum atomic E-state index is 0.372. The molecule has 0 fully saturated rings. The van der Waals surface area contributed by atoms with Crippen LogP contribution in [0.15, 0.2) is 0 Å². The Balaban J connectivity index is 2.99. The number of nitrogens with one attached hydrogen (secondary N) is 1. The van der Waals surface area contributed by atoms with Crippen LogP contribution in [0.4, 0.5) is 0 Å². The Kier molecular flexibility index (Phi) is 8.14. The molecule has 14 heavy (non-hydrogen) atoms. The van der Waals surface area contributed by atoms with Crippen molar-refractivity contribution in [2.45, 2.75) is 27.2 Å². The van der Waals surface area contributed by atoms with Gasteiger partial charge in [0.2, 0.25) is 0 Å². The Labute approximate surface area is 88.2 Å². The second-order valence-electron chi connectivity index (χ2n) is 4.70. The zero-order chi connectivity index (χ0) is 10.9. The molecule has 0 radical (unpaired) electrons. The van der Waals surface area contributed by atoms with Crippen LogP contribution in [0.3, 0.4) is 0 Å². The molecule has 86 valence electrons. The van der Waals surface area contributed by atoms with E-state index in [0.717, 1.165) is 26.1 Å². The maximum absolute atomic E-state index is 5.34. The van der Waals surface area contributed by atoms with Gasteiger partial charge >= 0.3 is 0 Å². The van der Waals surface area contributed by atoms with E-state index in [0.29, 0.717) is 18.6 Å². The van der Waals surface area contributed by atoms with Gasteiger partial charge in [-0.2, -0.15) is 0 Å². The number of hydrogen-bond donors (Lipinski definition) is 1. The molecule has 0 saturated heterocycles. The molecule has 0 saturated carbocycles. The Morgan fingerprint density at radius 3 is 2.36 bits per heavy atom. The number of ether oxygens (including phenoxy) is 2. The first-order valence-corrected chi connectivity index (χ1v) is 5.33. The Hall–Kier alpha value is -0.120. The summed E-state index contributed by atoms with van der Waals surface area (Å²) in [4.78, 5) is 0. The van der Waals surface area contributed by atoms with Crippen LogP contribution in [-0.2, 0) is 9.47 Å². The lowest BCUT2D eigenvalue weighted by Crippen LogP contribution is -2.28. The highest BCUT2D eigenvalue weighted by Gasteiger charge is 2.07. The Bertz CT molecular complexity index is 121. The summed E-state index contributed by atoms with van der Waals surface area (Å²) in [5, 5.41) is 3.40. The lowest BCUT2D eigenvalue weighted by atomic mass is 9.97. The maximum Gasteiger partial charge on any atom is 0.0700 e. The van der Waals surface area contributed by atoms with Crippen LogP contribution in [0.2, 0.25) is 0 Å². The Morgan fingerprint density at radius 2 is 1.79 bits per heavy atom. The second kappa shape index (κ2) is 8.21. The molecule has 0 unspecified atom stereocenters. The van der Waals surface area contributed by atoms with Crippen molar-refractivity contribution < 1.29 is 9.47 Å². The van der Waals surface area contributed by atoms with E-state index in [1.807, 2.05) is 0 Å². The molecule has 0 aliphatic carbocycles. The predicted molar refractivity (Wildman–Crippen MR) is 59.6 cm³/mol. The van der Waals surface area contributed by atoms with Crippen molar-refractivity contribution in [1.29, 1.82) is 0 Å². The third-order valence-corrected chi connectivity index (χ3v) is 1.73. The third-order valence-electron chi connectivity index (χ3n) is 1.73. The molecule has 1 N–H and O–H groups in total. The van der Waals surface area contributed by atoms with E-state index < -0.39 is 0 Å². The van der Waals surface area contributed by atoms with Gasteiger partial charge in [0.15, 0.2) is 0 Å². The molecule has 0 atom stereocenters. The summed E-state index contributed by atoms with van der Waals surface area (Å²) in [7, 11) is 1.69. The second-order valence-corrected chi connectivity index (χ2v) is 4.70. The molecular formula is C11H25NO2. The van der Waals surface area contributed by atoms with Gasteiger partial charge in [-0.05, 0) is 24.9 Å². The quantitative estimate of drug-likeness (QED) is 0.609. The number of rotatable bonds is 8. The number of methoxy groups -OCH3 is 1.